The van der Waals surface area contributed by atoms with E-state index >= 15 is 0 Å². The lowest BCUT2D eigenvalue weighted by molar-refractivity contribution is 0.122. The van der Waals surface area contributed by atoms with Gasteiger partial charge in [-0.2, -0.15) is 0 Å². The molecular formula is C22H53N2O8Si4. The van der Waals surface area contributed by atoms with E-state index in [2.05, 4.69) is 17.6 Å². The Morgan fingerprint density at radius 3 is 1.47 bits per heavy atom. The molecule has 10 nitrogen and oxygen atoms in total. The van der Waals surface area contributed by atoms with Gasteiger partial charge in [0.15, 0.2) is 0 Å². The first-order valence-electron chi connectivity index (χ1n) is 12.8. The van der Waals surface area contributed by atoms with E-state index in [1.165, 1.54) is 25.3 Å². The topological polar surface area (TPSA) is 97.9 Å². The molecule has 36 heavy (non-hydrogen) atoms. The summed E-state index contributed by atoms with van der Waals surface area (Å²) < 4.78 is 44.2. The number of hydrogen-bond acceptors (Lipinski definition) is 10. The molecule has 0 aromatic carbocycles. The molecule has 1 unspecified atom stereocenters. The second-order valence-corrected chi connectivity index (χ2v) is 18.7. The third kappa shape index (κ3) is 14.6. The molecule has 0 aliphatic rings. The summed E-state index contributed by atoms with van der Waals surface area (Å²) in [6.45, 7) is 3.98. The van der Waals surface area contributed by atoms with Crippen LogP contribution in [0.15, 0.2) is 0 Å². The summed E-state index contributed by atoms with van der Waals surface area (Å²) >= 11 is 0. The van der Waals surface area contributed by atoms with Crippen LogP contribution in [0.5, 0.6) is 0 Å². The molecule has 0 heterocycles. The molecule has 3 radical (unpaired) electrons. The average molecular weight is 586 g/mol. The summed E-state index contributed by atoms with van der Waals surface area (Å²) in [4.78, 5) is 0. The monoisotopic (exact) mass is 585 g/mol. The highest BCUT2D eigenvalue weighted by Gasteiger charge is 2.37. The average Bonchev–Trinajstić information content (AvgIpc) is 2.91. The van der Waals surface area contributed by atoms with E-state index < -0.39 is 26.9 Å². The van der Waals surface area contributed by atoms with Crippen molar-refractivity contribution in [1.82, 2.24) is 10.6 Å². The smallest absolute Gasteiger partial charge is 0.397 e. The highest BCUT2D eigenvalue weighted by Crippen LogP contribution is 2.20. The Bertz CT molecular complexity index is 460. The minimum atomic E-state index is -2.53. The Balaban J connectivity index is 4.54. The summed E-state index contributed by atoms with van der Waals surface area (Å²) in [7, 11) is 8.07. The van der Waals surface area contributed by atoms with Gasteiger partial charge in [-0.25, -0.2) is 0 Å². The molecule has 0 saturated carbocycles. The summed E-state index contributed by atoms with van der Waals surface area (Å²) in [5.41, 5.74) is 0.507. The molecular weight excluding hydrogens is 533 g/mol. The molecule has 2 N–H and O–H groups in total. The summed E-state index contributed by atoms with van der Waals surface area (Å²) in [5, 5.41) is 7.38. The van der Waals surface area contributed by atoms with Crippen molar-refractivity contribution in [3.8, 4) is 0 Å². The van der Waals surface area contributed by atoms with Crippen molar-refractivity contribution in [2.24, 2.45) is 0 Å². The maximum Gasteiger partial charge on any atom is 0.500 e. The van der Waals surface area contributed by atoms with Crippen LogP contribution in [0.25, 0.3) is 0 Å². The van der Waals surface area contributed by atoms with Crippen molar-refractivity contribution in [3.05, 3.63) is 0 Å². The Labute approximate surface area is 227 Å². The molecule has 0 rings (SSSR count). The predicted molar refractivity (Wildman–Crippen MR) is 150 cm³/mol. The first kappa shape index (κ1) is 36.5. The maximum atomic E-state index is 5.54. The first-order valence-corrected chi connectivity index (χ1v) is 19.3. The van der Waals surface area contributed by atoms with Crippen LogP contribution < -0.4 is 10.6 Å². The van der Waals surface area contributed by atoms with Crippen LogP contribution in [-0.4, -0.2) is 112 Å². The Morgan fingerprint density at radius 2 is 1.08 bits per heavy atom. The van der Waals surface area contributed by atoms with Crippen LogP contribution in [0.4, 0.5) is 0 Å². The van der Waals surface area contributed by atoms with Gasteiger partial charge in [0, 0.05) is 80.3 Å². The molecule has 1 atom stereocenters. The van der Waals surface area contributed by atoms with Gasteiger partial charge in [0.2, 0.25) is 0 Å². The third-order valence-corrected chi connectivity index (χ3v) is 15.4. The fourth-order valence-electron chi connectivity index (χ4n) is 4.03. The van der Waals surface area contributed by atoms with Crippen molar-refractivity contribution in [3.63, 3.8) is 0 Å². The lowest BCUT2D eigenvalue weighted by Crippen LogP contribution is -2.49. The van der Waals surface area contributed by atoms with Gasteiger partial charge >= 0.3 is 26.9 Å². The van der Waals surface area contributed by atoms with E-state index in [4.69, 9.17) is 35.4 Å². The molecule has 0 bridgehead atoms. The van der Waals surface area contributed by atoms with E-state index in [0.717, 1.165) is 54.0 Å². The van der Waals surface area contributed by atoms with Gasteiger partial charge in [-0.05, 0) is 32.4 Å². The Hall–Kier alpha value is 0.468. The highest BCUT2D eigenvalue weighted by molar-refractivity contribution is 6.60. The maximum absolute atomic E-state index is 5.54. The van der Waals surface area contributed by atoms with Crippen molar-refractivity contribution < 1.29 is 35.4 Å². The zero-order chi connectivity index (χ0) is 27.3. The van der Waals surface area contributed by atoms with Crippen molar-refractivity contribution in [2.75, 3.05) is 70.0 Å². The van der Waals surface area contributed by atoms with Gasteiger partial charge in [-0.3, -0.25) is 0 Å². The van der Waals surface area contributed by atoms with Crippen molar-refractivity contribution in [1.29, 1.82) is 0 Å². The standard InChI is InChI=1S/C22H53N2O8Si4/c1-21(34(25-2)26-3)15-11-10-12-18-33-22(23-16-13-19-35(27-4,28-5)29-6)24-17-14-20-36(30-7,31-8)32-9/h21-24H,10-20H2,1-9H3. The van der Waals surface area contributed by atoms with Gasteiger partial charge in [0.05, 0.1) is 9.52 Å². The lowest BCUT2D eigenvalue weighted by Gasteiger charge is -2.26. The first-order chi connectivity index (χ1) is 17.3. The van der Waals surface area contributed by atoms with Gasteiger partial charge in [-0.1, -0.05) is 32.2 Å². The molecule has 215 valence electrons. The molecule has 0 fully saturated rings. The number of unbranched alkanes of at least 4 members (excludes halogenated alkanes) is 2. The van der Waals surface area contributed by atoms with E-state index in [1.807, 2.05) is 0 Å². The summed E-state index contributed by atoms with van der Waals surface area (Å²) in [6.07, 6.45) is 6.70. The molecule has 0 spiro atoms. The fraction of sp³-hybridized carbons (Fsp3) is 1.00. The van der Waals surface area contributed by atoms with Crippen LogP contribution in [0.2, 0.25) is 23.7 Å². The van der Waals surface area contributed by atoms with Gasteiger partial charge in [-0.15, -0.1) is 0 Å². The van der Waals surface area contributed by atoms with Gasteiger partial charge in [0.25, 0.3) is 0 Å². The summed E-state index contributed by atoms with van der Waals surface area (Å²) in [5.74, 6) is 0.271. The molecule has 0 aliphatic carbocycles. The van der Waals surface area contributed by atoms with E-state index in [1.54, 1.807) is 56.9 Å². The minimum absolute atomic E-state index is 0.271. The van der Waals surface area contributed by atoms with Crippen molar-refractivity contribution in [2.45, 2.75) is 74.9 Å². The van der Waals surface area contributed by atoms with Crippen LogP contribution in [0.1, 0.15) is 45.4 Å². The van der Waals surface area contributed by atoms with Crippen LogP contribution >= 0.6 is 0 Å². The number of rotatable bonds is 26. The number of nitrogens with one attached hydrogen (secondary N) is 2. The number of hydrogen-bond donors (Lipinski definition) is 2. The normalized spacial score (nSPS) is 13.8. The van der Waals surface area contributed by atoms with Crippen molar-refractivity contribution >= 4 is 36.4 Å². The van der Waals surface area contributed by atoms with Crippen LogP contribution in [0.3, 0.4) is 0 Å². The molecule has 0 aromatic heterocycles. The van der Waals surface area contributed by atoms with Crippen LogP contribution in [0, 0.1) is 0 Å². The minimum Gasteiger partial charge on any atom is -0.397 e. The quantitative estimate of drug-likeness (QED) is 0.0896. The fourth-order valence-corrected chi connectivity index (χ4v) is 10.2. The van der Waals surface area contributed by atoms with E-state index in [0.29, 0.717) is 5.54 Å². The van der Waals surface area contributed by atoms with E-state index in [-0.39, 0.29) is 5.79 Å². The summed E-state index contributed by atoms with van der Waals surface area (Å²) in [6, 6.07) is 2.77. The molecule has 14 heteroatoms. The molecule has 0 aliphatic heterocycles. The zero-order valence-electron chi connectivity index (χ0n) is 24.2. The van der Waals surface area contributed by atoms with E-state index in [9.17, 15) is 0 Å². The van der Waals surface area contributed by atoms with Crippen LogP contribution in [-0.2, 0) is 35.4 Å². The molecule has 0 saturated heterocycles. The highest BCUT2D eigenvalue weighted by atomic mass is 28.4. The van der Waals surface area contributed by atoms with Gasteiger partial charge < -0.3 is 46.0 Å². The Morgan fingerprint density at radius 1 is 0.639 bits per heavy atom. The Kier molecular flexibility index (Phi) is 22.6. The SMILES string of the molecule is CO[Si](OC)C(C)CCCCC[Si]C(NCCC[Si](OC)(OC)OC)NCCC[Si](OC)(OC)OC. The zero-order valence-corrected chi connectivity index (χ0v) is 28.2. The molecule has 0 aromatic rings. The lowest BCUT2D eigenvalue weighted by atomic mass is 10.2. The second kappa shape index (κ2) is 22.3. The largest absolute Gasteiger partial charge is 0.500 e. The third-order valence-electron chi connectivity index (χ3n) is 6.35. The predicted octanol–water partition coefficient (Wildman–Crippen LogP) is 2.84. The second-order valence-electron chi connectivity index (χ2n) is 8.57. The van der Waals surface area contributed by atoms with Gasteiger partial charge in [0.1, 0.15) is 0 Å². The molecule has 0 amide bonds.